The van der Waals surface area contributed by atoms with E-state index in [1.54, 1.807) is 7.11 Å². The molecule has 0 aromatic heterocycles. The summed E-state index contributed by atoms with van der Waals surface area (Å²) in [7, 11) is 1.80. The number of methoxy groups -OCH3 is 1. The van der Waals surface area contributed by atoms with Crippen molar-refractivity contribution in [1.29, 1.82) is 0 Å². The average Bonchev–Trinajstić information content (AvgIpc) is 3.08. The fraction of sp³-hybridized carbons (Fsp3) is 1.00. The third-order valence-corrected chi connectivity index (χ3v) is 4.53. The maximum absolute atomic E-state index is 5.20. The summed E-state index contributed by atoms with van der Waals surface area (Å²) in [6.07, 6.45) is 6.69. The molecule has 2 N–H and O–H groups in total. The lowest BCUT2D eigenvalue weighted by atomic mass is 9.82. The fourth-order valence-corrected chi connectivity index (χ4v) is 2.91. The van der Waals surface area contributed by atoms with Gasteiger partial charge < -0.3 is 15.4 Å². The summed E-state index contributed by atoms with van der Waals surface area (Å²) in [5.41, 5.74) is 1.05. The van der Waals surface area contributed by atoms with E-state index in [9.17, 15) is 0 Å². The van der Waals surface area contributed by atoms with Crippen molar-refractivity contribution in [2.45, 2.75) is 39.0 Å². The normalized spacial score (nSPS) is 31.4. The molecule has 2 aliphatic rings. The van der Waals surface area contributed by atoms with E-state index in [-0.39, 0.29) is 0 Å². The van der Waals surface area contributed by atoms with Gasteiger partial charge in [-0.15, -0.1) is 0 Å². The van der Waals surface area contributed by atoms with E-state index in [1.807, 2.05) is 0 Å². The van der Waals surface area contributed by atoms with Crippen LogP contribution in [0.1, 0.15) is 39.0 Å². The Kier molecular flexibility index (Phi) is 4.45. The van der Waals surface area contributed by atoms with E-state index < -0.39 is 0 Å². The van der Waals surface area contributed by atoms with E-state index in [0.29, 0.717) is 10.8 Å². The summed E-state index contributed by atoms with van der Waals surface area (Å²) in [6, 6.07) is 0. The van der Waals surface area contributed by atoms with Crippen LogP contribution in [-0.2, 0) is 4.74 Å². The van der Waals surface area contributed by atoms with Crippen molar-refractivity contribution < 1.29 is 4.74 Å². The molecule has 3 nitrogen and oxygen atoms in total. The molecule has 0 aromatic rings. The fourth-order valence-electron chi connectivity index (χ4n) is 2.91. The Bertz CT molecular complexity index is 232. The molecule has 1 saturated carbocycles. The third-order valence-electron chi connectivity index (χ3n) is 4.53. The van der Waals surface area contributed by atoms with E-state index >= 15 is 0 Å². The molecule has 0 radical (unpaired) electrons. The Balaban J connectivity index is 1.65. The minimum atomic E-state index is 0.468. The SMILES string of the molecule is COCCC1(CNCC2(C)CCCNC2)CC1. The smallest absolute Gasteiger partial charge is 0.0468 e. The maximum Gasteiger partial charge on any atom is 0.0468 e. The zero-order valence-corrected chi connectivity index (χ0v) is 11.5. The van der Waals surface area contributed by atoms with Gasteiger partial charge in [-0.3, -0.25) is 0 Å². The van der Waals surface area contributed by atoms with E-state index in [2.05, 4.69) is 17.6 Å². The Morgan fingerprint density at radius 2 is 2.06 bits per heavy atom. The maximum atomic E-state index is 5.20. The van der Waals surface area contributed by atoms with Crippen LogP contribution in [0.3, 0.4) is 0 Å². The molecule has 17 heavy (non-hydrogen) atoms. The second kappa shape index (κ2) is 5.68. The highest BCUT2D eigenvalue weighted by molar-refractivity contribution is 4.95. The molecule has 0 bridgehead atoms. The largest absolute Gasteiger partial charge is 0.385 e. The van der Waals surface area contributed by atoms with Gasteiger partial charge in [-0.1, -0.05) is 6.92 Å². The molecule has 100 valence electrons. The molecule has 1 unspecified atom stereocenters. The lowest BCUT2D eigenvalue weighted by Gasteiger charge is -2.35. The first kappa shape index (κ1) is 13.3. The van der Waals surface area contributed by atoms with Crippen LogP contribution in [0, 0.1) is 10.8 Å². The van der Waals surface area contributed by atoms with Crippen LogP contribution >= 0.6 is 0 Å². The van der Waals surface area contributed by atoms with Gasteiger partial charge >= 0.3 is 0 Å². The van der Waals surface area contributed by atoms with Gasteiger partial charge in [-0.05, 0) is 49.5 Å². The van der Waals surface area contributed by atoms with Gasteiger partial charge in [0.15, 0.2) is 0 Å². The van der Waals surface area contributed by atoms with Crippen LogP contribution < -0.4 is 10.6 Å². The Morgan fingerprint density at radius 3 is 2.65 bits per heavy atom. The standard InChI is InChI=1S/C14H28N2O/c1-13(4-3-8-15-10-13)11-16-12-14(5-6-14)7-9-17-2/h15-16H,3-12H2,1-2H3. The lowest BCUT2D eigenvalue weighted by molar-refractivity contribution is 0.167. The van der Waals surface area contributed by atoms with Crippen LogP contribution in [0.4, 0.5) is 0 Å². The highest BCUT2D eigenvalue weighted by Gasteiger charge is 2.41. The van der Waals surface area contributed by atoms with E-state index in [1.165, 1.54) is 51.7 Å². The molecule has 1 aliphatic carbocycles. The Labute approximate surface area is 106 Å². The van der Waals surface area contributed by atoms with Gasteiger partial charge in [0.05, 0.1) is 0 Å². The zero-order chi connectivity index (χ0) is 12.2. The van der Waals surface area contributed by atoms with Gasteiger partial charge in [0.25, 0.3) is 0 Å². The number of rotatable bonds is 7. The monoisotopic (exact) mass is 240 g/mol. The molecule has 0 amide bonds. The topological polar surface area (TPSA) is 33.3 Å². The second-order valence-corrected chi connectivity index (χ2v) is 6.44. The van der Waals surface area contributed by atoms with E-state index in [4.69, 9.17) is 4.74 Å². The summed E-state index contributed by atoms with van der Waals surface area (Å²) in [5, 5.41) is 7.22. The first-order valence-electron chi connectivity index (χ1n) is 7.09. The van der Waals surface area contributed by atoms with Crippen LogP contribution in [0.15, 0.2) is 0 Å². The summed E-state index contributed by atoms with van der Waals surface area (Å²) < 4.78 is 5.20. The number of ether oxygens (including phenoxy) is 1. The van der Waals surface area contributed by atoms with E-state index in [0.717, 1.165) is 13.2 Å². The third kappa shape index (κ3) is 3.94. The number of hydrogen-bond acceptors (Lipinski definition) is 3. The number of piperidine rings is 1. The second-order valence-electron chi connectivity index (χ2n) is 6.44. The predicted molar refractivity (Wildman–Crippen MR) is 71.2 cm³/mol. The molecule has 1 saturated heterocycles. The van der Waals surface area contributed by atoms with Crippen LogP contribution in [0.2, 0.25) is 0 Å². The Morgan fingerprint density at radius 1 is 1.24 bits per heavy atom. The molecule has 3 heteroatoms. The average molecular weight is 240 g/mol. The van der Waals surface area contributed by atoms with Crippen molar-refractivity contribution >= 4 is 0 Å². The molecular formula is C14H28N2O. The van der Waals surface area contributed by atoms with Crippen LogP contribution in [0.25, 0.3) is 0 Å². The molecule has 2 fully saturated rings. The first-order valence-corrected chi connectivity index (χ1v) is 7.09. The molecule has 0 aromatic carbocycles. The van der Waals surface area contributed by atoms with Crippen LogP contribution in [-0.4, -0.2) is 39.9 Å². The molecule has 1 atom stereocenters. The quantitative estimate of drug-likeness (QED) is 0.712. The first-order chi connectivity index (χ1) is 8.18. The Hall–Kier alpha value is -0.120. The van der Waals surface area contributed by atoms with Crippen LogP contribution in [0.5, 0.6) is 0 Å². The predicted octanol–water partition coefficient (Wildman–Crippen LogP) is 1.78. The molecular weight excluding hydrogens is 212 g/mol. The molecule has 1 aliphatic heterocycles. The lowest BCUT2D eigenvalue weighted by Crippen LogP contribution is -2.45. The van der Waals surface area contributed by atoms with Crippen molar-refractivity contribution in [3.8, 4) is 0 Å². The molecule has 1 heterocycles. The highest BCUT2D eigenvalue weighted by atomic mass is 16.5. The zero-order valence-electron chi connectivity index (χ0n) is 11.5. The van der Waals surface area contributed by atoms with Crippen molar-refractivity contribution in [2.24, 2.45) is 10.8 Å². The summed E-state index contributed by atoms with van der Waals surface area (Å²) in [6.45, 7) is 8.04. The summed E-state index contributed by atoms with van der Waals surface area (Å²) in [4.78, 5) is 0. The van der Waals surface area contributed by atoms with Gasteiger partial charge in [0, 0.05) is 33.4 Å². The number of nitrogens with one attached hydrogen (secondary N) is 2. The van der Waals surface area contributed by atoms with Gasteiger partial charge in [-0.2, -0.15) is 0 Å². The minimum absolute atomic E-state index is 0.468. The number of hydrogen-bond donors (Lipinski definition) is 2. The van der Waals surface area contributed by atoms with Crippen molar-refractivity contribution in [3.63, 3.8) is 0 Å². The highest BCUT2D eigenvalue weighted by Crippen LogP contribution is 2.48. The molecule has 2 rings (SSSR count). The van der Waals surface area contributed by atoms with Gasteiger partial charge in [0.2, 0.25) is 0 Å². The molecule has 0 spiro atoms. The van der Waals surface area contributed by atoms with Crippen molar-refractivity contribution in [1.82, 2.24) is 10.6 Å². The summed E-state index contributed by atoms with van der Waals surface area (Å²) >= 11 is 0. The minimum Gasteiger partial charge on any atom is -0.385 e. The van der Waals surface area contributed by atoms with Crippen molar-refractivity contribution in [3.05, 3.63) is 0 Å². The van der Waals surface area contributed by atoms with Gasteiger partial charge in [0.1, 0.15) is 0 Å². The van der Waals surface area contributed by atoms with Crippen molar-refractivity contribution in [2.75, 3.05) is 39.9 Å². The summed E-state index contributed by atoms with van der Waals surface area (Å²) in [5.74, 6) is 0. The van der Waals surface area contributed by atoms with Gasteiger partial charge in [-0.25, -0.2) is 0 Å².